The molecule has 0 bridgehead atoms. The van der Waals surface area contributed by atoms with Gasteiger partial charge in [-0.15, -0.1) is 0 Å². The number of nitrogens with one attached hydrogen (secondary N) is 1. The van der Waals surface area contributed by atoms with Crippen LogP contribution in [-0.2, 0) is 0 Å². The van der Waals surface area contributed by atoms with Gasteiger partial charge in [0.25, 0.3) is 5.91 Å². The monoisotopic (exact) mass is 235 g/mol. The molecule has 17 heavy (non-hydrogen) atoms. The number of benzene rings is 1. The second-order valence-corrected chi connectivity index (χ2v) is 4.66. The van der Waals surface area contributed by atoms with Crippen molar-refractivity contribution in [1.82, 2.24) is 5.32 Å². The molecule has 1 rings (SSSR count). The second kappa shape index (κ2) is 6.40. The van der Waals surface area contributed by atoms with Crippen molar-refractivity contribution in [2.45, 2.75) is 39.2 Å². The van der Waals surface area contributed by atoms with E-state index in [1.807, 2.05) is 31.2 Å². The van der Waals surface area contributed by atoms with Crippen molar-refractivity contribution in [3.8, 4) is 0 Å². The molecule has 0 aliphatic heterocycles. The molecular weight excluding hydrogens is 214 g/mol. The molecule has 0 aromatic heterocycles. The lowest BCUT2D eigenvalue weighted by atomic mass is 10.0. The van der Waals surface area contributed by atoms with Crippen LogP contribution in [0.1, 0.15) is 49.0 Å². The highest BCUT2D eigenvalue weighted by molar-refractivity contribution is 5.94. The van der Waals surface area contributed by atoms with Crippen molar-refractivity contribution < 1.29 is 9.90 Å². The number of aliphatic hydroxyl groups excluding tert-OH is 1. The van der Waals surface area contributed by atoms with Crippen molar-refractivity contribution in [3.63, 3.8) is 0 Å². The molecule has 3 heteroatoms. The van der Waals surface area contributed by atoms with Crippen LogP contribution < -0.4 is 5.32 Å². The van der Waals surface area contributed by atoms with Gasteiger partial charge in [0.05, 0.1) is 0 Å². The Hall–Kier alpha value is -1.35. The summed E-state index contributed by atoms with van der Waals surface area (Å²) in [7, 11) is 0. The van der Waals surface area contributed by atoms with Gasteiger partial charge in [-0.05, 0) is 37.0 Å². The molecule has 0 saturated carbocycles. The van der Waals surface area contributed by atoms with Gasteiger partial charge in [-0.3, -0.25) is 4.79 Å². The Balaban J connectivity index is 2.63. The summed E-state index contributed by atoms with van der Waals surface area (Å²) in [6, 6.07) is 7.65. The Kier molecular flexibility index (Phi) is 5.16. The zero-order valence-electron chi connectivity index (χ0n) is 10.7. The molecule has 0 spiro atoms. The highest BCUT2D eigenvalue weighted by Crippen LogP contribution is 2.14. The highest BCUT2D eigenvalue weighted by atomic mass is 16.3. The number of hydrogen-bond acceptors (Lipinski definition) is 2. The van der Waals surface area contributed by atoms with Gasteiger partial charge in [-0.2, -0.15) is 0 Å². The van der Waals surface area contributed by atoms with Crippen LogP contribution in [0.5, 0.6) is 0 Å². The summed E-state index contributed by atoms with van der Waals surface area (Å²) in [6.07, 6.45) is 0.579. The van der Waals surface area contributed by atoms with Crippen molar-refractivity contribution in [1.29, 1.82) is 0 Å². The standard InChI is InChI=1S/C14H21NO2/c1-10(2)12-4-6-13(7-5-12)14(17)15-11(3)8-9-16/h4-7,10-11,16H,8-9H2,1-3H3,(H,15,17). The van der Waals surface area contributed by atoms with E-state index < -0.39 is 0 Å². The molecule has 94 valence electrons. The van der Waals surface area contributed by atoms with E-state index >= 15 is 0 Å². The minimum absolute atomic E-state index is 0.00252. The Morgan fingerprint density at radius 2 is 1.82 bits per heavy atom. The van der Waals surface area contributed by atoms with Crippen LogP contribution in [0.15, 0.2) is 24.3 Å². The van der Waals surface area contributed by atoms with Crippen LogP contribution in [0.2, 0.25) is 0 Å². The Bertz CT molecular complexity index is 357. The molecule has 1 aromatic carbocycles. The van der Waals surface area contributed by atoms with Crippen LogP contribution in [0.25, 0.3) is 0 Å². The van der Waals surface area contributed by atoms with E-state index in [4.69, 9.17) is 5.11 Å². The van der Waals surface area contributed by atoms with Crippen molar-refractivity contribution >= 4 is 5.91 Å². The third kappa shape index (κ3) is 4.19. The maximum absolute atomic E-state index is 11.8. The first-order valence-corrected chi connectivity index (χ1v) is 6.06. The predicted octanol–water partition coefficient (Wildman–Crippen LogP) is 2.31. The molecule has 1 atom stereocenters. The van der Waals surface area contributed by atoms with Crippen molar-refractivity contribution in [3.05, 3.63) is 35.4 Å². The quantitative estimate of drug-likeness (QED) is 0.822. The Morgan fingerprint density at radius 1 is 1.24 bits per heavy atom. The van der Waals surface area contributed by atoms with Gasteiger partial charge in [-0.25, -0.2) is 0 Å². The van der Waals surface area contributed by atoms with Crippen molar-refractivity contribution in [2.24, 2.45) is 0 Å². The van der Waals surface area contributed by atoms with Gasteiger partial charge in [-0.1, -0.05) is 26.0 Å². The van der Waals surface area contributed by atoms with E-state index in [2.05, 4.69) is 19.2 Å². The van der Waals surface area contributed by atoms with Crippen LogP contribution in [0.3, 0.4) is 0 Å². The lowest BCUT2D eigenvalue weighted by Gasteiger charge is -2.13. The van der Waals surface area contributed by atoms with Crippen LogP contribution in [-0.4, -0.2) is 23.7 Å². The Morgan fingerprint density at radius 3 is 2.29 bits per heavy atom. The lowest BCUT2D eigenvalue weighted by Crippen LogP contribution is -2.33. The predicted molar refractivity (Wildman–Crippen MR) is 69.2 cm³/mol. The highest BCUT2D eigenvalue weighted by Gasteiger charge is 2.09. The number of aliphatic hydroxyl groups is 1. The summed E-state index contributed by atoms with van der Waals surface area (Å²) in [4.78, 5) is 11.8. The van der Waals surface area contributed by atoms with E-state index in [0.717, 1.165) is 0 Å². The minimum Gasteiger partial charge on any atom is -0.396 e. The molecule has 1 amide bonds. The van der Waals surface area contributed by atoms with Gasteiger partial charge in [0.15, 0.2) is 0 Å². The van der Waals surface area contributed by atoms with Gasteiger partial charge in [0.2, 0.25) is 0 Å². The first kappa shape index (κ1) is 13.7. The molecule has 1 unspecified atom stereocenters. The molecule has 0 saturated heterocycles. The molecule has 0 fully saturated rings. The fourth-order valence-corrected chi connectivity index (χ4v) is 1.59. The topological polar surface area (TPSA) is 49.3 Å². The summed E-state index contributed by atoms with van der Waals surface area (Å²) in [5.74, 6) is 0.390. The third-order valence-corrected chi connectivity index (χ3v) is 2.78. The van der Waals surface area contributed by atoms with Crippen LogP contribution in [0.4, 0.5) is 0 Å². The summed E-state index contributed by atoms with van der Waals surface area (Å²) >= 11 is 0. The van der Waals surface area contributed by atoms with Gasteiger partial charge in [0.1, 0.15) is 0 Å². The smallest absolute Gasteiger partial charge is 0.251 e. The number of rotatable bonds is 5. The molecule has 2 N–H and O–H groups in total. The molecule has 0 heterocycles. The van der Waals surface area contributed by atoms with E-state index in [1.54, 1.807) is 0 Å². The van der Waals surface area contributed by atoms with Crippen LogP contribution in [0, 0.1) is 0 Å². The maximum Gasteiger partial charge on any atom is 0.251 e. The SMILES string of the molecule is CC(CCO)NC(=O)c1ccc(C(C)C)cc1. The fraction of sp³-hybridized carbons (Fsp3) is 0.500. The largest absolute Gasteiger partial charge is 0.396 e. The zero-order valence-corrected chi connectivity index (χ0v) is 10.7. The number of carbonyl (C=O) groups is 1. The fourth-order valence-electron chi connectivity index (χ4n) is 1.59. The number of carbonyl (C=O) groups excluding carboxylic acids is 1. The van der Waals surface area contributed by atoms with Crippen molar-refractivity contribution in [2.75, 3.05) is 6.61 Å². The number of hydrogen-bond donors (Lipinski definition) is 2. The average molecular weight is 235 g/mol. The summed E-state index contributed by atoms with van der Waals surface area (Å²) in [6.45, 7) is 6.22. The lowest BCUT2D eigenvalue weighted by molar-refractivity contribution is 0.0934. The summed E-state index contributed by atoms with van der Waals surface area (Å²) in [5, 5.41) is 11.6. The Labute approximate surface area is 103 Å². The van der Waals surface area contributed by atoms with Gasteiger partial charge in [0, 0.05) is 18.2 Å². The average Bonchev–Trinajstić information content (AvgIpc) is 2.29. The van der Waals surface area contributed by atoms with E-state index in [9.17, 15) is 4.79 Å². The first-order chi connectivity index (χ1) is 8.04. The maximum atomic E-state index is 11.8. The van der Waals surface area contributed by atoms with Crippen LogP contribution >= 0.6 is 0 Å². The normalized spacial score (nSPS) is 12.5. The van der Waals surface area contributed by atoms with Gasteiger partial charge >= 0.3 is 0 Å². The van der Waals surface area contributed by atoms with E-state index in [0.29, 0.717) is 17.9 Å². The molecular formula is C14H21NO2. The zero-order chi connectivity index (χ0) is 12.8. The summed E-state index contributed by atoms with van der Waals surface area (Å²) < 4.78 is 0. The minimum atomic E-state index is -0.0822. The molecule has 0 radical (unpaired) electrons. The molecule has 3 nitrogen and oxygen atoms in total. The van der Waals surface area contributed by atoms with E-state index in [1.165, 1.54) is 5.56 Å². The first-order valence-electron chi connectivity index (χ1n) is 6.06. The molecule has 0 aliphatic carbocycles. The number of amides is 1. The molecule has 0 aliphatic rings. The summed E-state index contributed by atoms with van der Waals surface area (Å²) in [5.41, 5.74) is 1.89. The third-order valence-electron chi connectivity index (χ3n) is 2.78. The van der Waals surface area contributed by atoms with Gasteiger partial charge < -0.3 is 10.4 Å². The second-order valence-electron chi connectivity index (χ2n) is 4.66. The molecule has 1 aromatic rings. The van der Waals surface area contributed by atoms with E-state index in [-0.39, 0.29) is 18.6 Å².